The molecule has 148 valence electrons. The molecule has 1 aromatic heterocycles. The molecule has 1 unspecified atom stereocenters. The van der Waals surface area contributed by atoms with E-state index in [-0.39, 0.29) is 23.9 Å². The molecule has 2 atom stereocenters. The van der Waals surface area contributed by atoms with Gasteiger partial charge in [0.15, 0.2) is 0 Å². The lowest BCUT2D eigenvalue weighted by Gasteiger charge is -2.32. The van der Waals surface area contributed by atoms with Crippen LogP contribution < -0.4 is 5.32 Å². The second kappa shape index (κ2) is 8.25. The third-order valence-corrected chi connectivity index (χ3v) is 6.12. The van der Waals surface area contributed by atoms with Gasteiger partial charge in [-0.15, -0.1) is 0 Å². The van der Waals surface area contributed by atoms with Gasteiger partial charge in [-0.1, -0.05) is 38.2 Å². The van der Waals surface area contributed by atoms with Crippen molar-refractivity contribution in [2.75, 3.05) is 11.9 Å². The number of carbonyl (C=O) groups is 2. The number of pyridine rings is 1. The summed E-state index contributed by atoms with van der Waals surface area (Å²) >= 11 is 0. The highest BCUT2D eigenvalue weighted by Gasteiger charge is 2.39. The van der Waals surface area contributed by atoms with Gasteiger partial charge in [-0.3, -0.25) is 9.59 Å². The average Bonchev–Trinajstić information content (AvgIpc) is 3.17. The number of halogens is 1. The predicted molar refractivity (Wildman–Crippen MR) is 105 cm³/mol. The lowest BCUT2D eigenvalue weighted by atomic mass is 9.84. The van der Waals surface area contributed by atoms with E-state index in [0.29, 0.717) is 30.3 Å². The maximum Gasteiger partial charge on any atom is 0.248 e. The third kappa shape index (κ3) is 4.01. The number of rotatable bonds is 5. The average molecular weight is 383 g/mol. The summed E-state index contributed by atoms with van der Waals surface area (Å²) in [7, 11) is 0. The van der Waals surface area contributed by atoms with Crippen LogP contribution >= 0.6 is 0 Å². The maximum atomic E-state index is 14.3. The van der Waals surface area contributed by atoms with E-state index in [2.05, 4.69) is 10.3 Å². The van der Waals surface area contributed by atoms with Gasteiger partial charge in [-0.05, 0) is 30.5 Å². The van der Waals surface area contributed by atoms with E-state index >= 15 is 0 Å². The Morgan fingerprint density at radius 2 is 2.11 bits per heavy atom. The van der Waals surface area contributed by atoms with Crippen molar-refractivity contribution in [1.82, 2.24) is 9.88 Å². The monoisotopic (exact) mass is 383 g/mol. The van der Waals surface area contributed by atoms with Crippen molar-refractivity contribution in [2.24, 2.45) is 11.8 Å². The smallest absolute Gasteiger partial charge is 0.248 e. The van der Waals surface area contributed by atoms with Crippen LogP contribution in [0.15, 0.2) is 48.1 Å². The quantitative estimate of drug-likeness (QED) is 0.835. The number of anilines is 1. The van der Waals surface area contributed by atoms with Gasteiger partial charge in [0.05, 0.1) is 5.92 Å². The van der Waals surface area contributed by atoms with Gasteiger partial charge in [-0.25, -0.2) is 9.37 Å². The molecular formula is C22H26FN3O2. The molecule has 6 heteroatoms. The van der Waals surface area contributed by atoms with Gasteiger partial charge in [0.25, 0.3) is 0 Å². The number of allylic oxidation sites excluding steroid dienone is 2. The number of nitrogens with one attached hydrogen (secondary N) is 1. The fourth-order valence-corrected chi connectivity index (χ4v) is 4.58. The molecule has 2 aliphatic carbocycles. The summed E-state index contributed by atoms with van der Waals surface area (Å²) in [6.07, 6.45) is 11.4. The van der Waals surface area contributed by atoms with Crippen molar-refractivity contribution in [2.45, 2.75) is 51.0 Å². The Kier molecular flexibility index (Phi) is 5.55. The topological polar surface area (TPSA) is 62.3 Å². The molecule has 2 heterocycles. The highest BCUT2D eigenvalue weighted by molar-refractivity contribution is 5.94. The fraction of sp³-hybridized carbons (Fsp3) is 0.500. The Bertz CT molecular complexity index is 799. The van der Waals surface area contributed by atoms with Crippen molar-refractivity contribution in [3.63, 3.8) is 0 Å². The van der Waals surface area contributed by atoms with Crippen LogP contribution in [0.3, 0.4) is 0 Å². The molecule has 3 aliphatic rings. The molecular weight excluding hydrogens is 357 g/mol. The number of aromatic nitrogens is 1. The van der Waals surface area contributed by atoms with E-state index in [1.807, 2.05) is 11.0 Å². The first-order chi connectivity index (χ1) is 13.6. The molecule has 0 saturated heterocycles. The first-order valence-corrected chi connectivity index (χ1v) is 10.2. The minimum absolute atomic E-state index is 0.0247. The number of amides is 1. The van der Waals surface area contributed by atoms with Crippen LogP contribution in [0, 0.1) is 11.8 Å². The summed E-state index contributed by atoms with van der Waals surface area (Å²) in [5.74, 6) is 0.0846. The van der Waals surface area contributed by atoms with E-state index in [1.54, 1.807) is 24.5 Å². The van der Waals surface area contributed by atoms with Gasteiger partial charge in [0.2, 0.25) is 5.91 Å². The zero-order valence-corrected chi connectivity index (χ0v) is 15.9. The minimum atomic E-state index is -0.457. The molecule has 0 spiro atoms. The van der Waals surface area contributed by atoms with Crippen LogP contribution in [-0.4, -0.2) is 34.2 Å². The van der Waals surface area contributed by atoms with Crippen LogP contribution in [0.1, 0.15) is 44.9 Å². The van der Waals surface area contributed by atoms with Gasteiger partial charge in [-0.2, -0.15) is 0 Å². The number of hydrogen-bond acceptors (Lipinski definition) is 4. The molecule has 0 bridgehead atoms. The van der Waals surface area contributed by atoms with Crippen LogP contribution in [0.5, 0.6) is 0 Å². The number of carbonyl (C=O) groups excluding carboxylic acids is 2. The van der Waals surface area contributed by atoms with E-state index in [9.17, 15) is 14.0 Å². The summed E-state index contributed by atoms with van der Waals surface area (Å²) in [5, 5.41) is 2.90. The fourth-order valence-electron chi connectivity index (χ4n) is 4.58. The second-order valence-electron chi connectivity index (χ2n) is 8.02. The Morgan fingerprint density at radius 1 is 1.29 bits per heavy atom. The minimum Gasteiger partial charge on any atom is -0.364 e. The molecule has 1 aromatic rings. The standard InChI is InChI=1S/C22H26FN3O2/c23-18-9-10-20(27)17-14-26(13-16(17)18)19(12-15-6-2-1-3-7-15)22(28)25-21-8-4-5-11-24-21/h4-5,8-9,11,13,15,17,19H,1-3,6-7,10,12,14H2,(H,24,25,28)/t17?,19-/m0/s1. The van der Waals surface area contributed by atoms with Gasteiger partial charge in [0, 0.05) is 30.9 Å². The summed E-state index contributed by atoms with van der Waals surface area (Å²) in [6.45, 7) is 0.377. The van der Waals surface area contributed by atoms with Crippen molar-refractivity contribution < 1.29 is 14.0 Å². The van der Waals surface area contributed by atoms with Gasteiger partial charge in [0.1, 0.15) is 23.5 Å². The van der Waals surface area contributed by atoms with Crippen LogP contribution in [0.2, 0.25) is 0 Å². The molecule has 0 radical (unpaired) electrons. The van der Waals surface area contributed by atoms with Crippen molar-refractivity contribution >= 4 is 17.5 Å². The normalized spacial score (nSPS) is 23.7. The summed E-state index contributed by atoms with van der Waals surface area (Å²) in [6, 6.07) is 4.95. The Morgan fingerprint density at radius 3 is 2.82 bits per heavy atom. The first kappa shape index (κ1) is 18.8. The van der Waals surface area contributed by atoms with Crippen LogP contribution in [0.4, 0.5) is 10.2 Å². The second-order valence-corrected chi connectivity index (χ2v) is 8.02. The lowest BCUT2D eigenvalue weighted by Crippen LogP contribution is -2.43. The zero-order valence-electron chi connectivity index (χ0n) is 15.9. The third-order valence-electron chi connectivity index (χ3n) is 6.12. The van der Waals surface area contributed by atoms with Gasteiger partial charge >= 0.3 is 0 Å². The SMILES string of the molecule is O=C1CC=C(F)C2=CN([C@@H](CC3CCCCC3)C(=O)Nc3ccccn3)CC12. The number of hydrogen-bond donors (Lipinski definition) is 1. The largest absolute Gasteiger partial charge is 0.364 e. The Labute approximate surface area is 164 Å². The van der Waals surface area contributed by atoms with E-state index in [1.165, 1.54) is 25.3 Å². The van der Waals surface area contributed by atoms with E-state index in [4.69, 9.17) is 0 Å². The number of fused-ring (bicyclic) bond motifs is 1. The summed E-state index contributed by atoms with van der Waals surface area (Å²) < 4.78 is 14.3. The maximum absolute atomic E-state index is 14.3. The molecule has 1 saturated carbocycles. The highest BCUT2D eigenvalue weighted by atomic mass is 19.1. The van der Waals surface area contributed by atoms with Crippen molar-refractivity contribution in [3.05, 3.63) is 48.1 Å². The van der Waals surface area contributed by atoms with Crippen LogP contribution in [0.25, 0.3) is 0 Å². The number of nitrogens with zero attached hydrogens (tertiary/aromatic N) is 2. The molecule has 5 nitrogen and oxygen atoms in total. The summed E-state index contributed by atoms with van der Waals surface area (Å²) in [4.78, 5) is 31.4. The first-order valence-electron chi connectivity index (χ1n) is 10.2. The molecule has 1 N–H and O–H groups in total. The Hall–Kier alpha value is -2.50. The lowest BCUT2D eigenvalue weighted by molar-refractivity contribution is -0.124. The number of Topliss-reactive ketones (excluding diaryl/α,β-unsaturated/α-hetero) is 1. The molecule has 4 rings (SSSR count). The molecule has 1 aliphatic heterocycles. The van der Waals surface area contributed by atoms with E-state index in [0.717, 1.165) is 12.8 Å². The number of ketones is 1. The van der Waals surface area contributed by atoms with Crippen molar-refractivity contribution in [3.8, 4) is 0 Å². The molecule has 1 fully saturated rings. The van der Waals surface area contributed by atoms with Crippen LogP contribution in [-0.2, 0) is 9.59 Å². The molecule has 1 amide bonds. The molecule has 28 heavy (non-hydrogen) atoms. The van der Waals surface area contributed by atoms with Gasteiger partial charge < -0.3 is 10.2 Å². The highest BCUT2D eigenvalue weighted by Crippen LogP contribution is 2.37. The van der Waals surface area contributed by atoms with Crippen molar-refractivity contribution in [1.29, 1.82) is 0 Å². The zero-order chi connectivity index (χ0) is 19.5. The van der Waals surface area contributed by atoms with E-state index < -0.39 is 12.0 Å². The Balaban J connectivity index is 1.55. The molecule has 0 aromatic carbocycles. The summed E-state index contributed by atoms with van der Waals surface area (Å²) in [5.41, 5.74) is 0.426. The predicted octanol–water partition coefficient (Wildman–Crippen LogP) is 4.00.